The molecule has 0 bridgehead atoms. The molecule has 0 N–H and O–H groups in total. The van der Waals surface area contributed by atoms with E-state index in [0.29, 0.717) is 22.4 Å². The van der Waals surface area contributed by atoms with Crippen LogP contribution in [0.3, 0.4) is 0 Å². The van der Waals surface area contributed by atoms with Crippen LogP contribution in [0.1, 0.15) is 19.4 Å². The Kier molecular flexibility index (Phi) is 6.11. The molecule has 0 saturated carbocycles. The monoisotopic (exact) mass is 460 g/mol. The highest BCUT2D eigenvalue weighted by atomic mass is 32.1. The van der Waals surface area contributed by atoms with E-state index in [4.69, 9.17) is 9.47 Å². The van der Waals surface area contributed by atoms with Crippen molar-refractivity contribution in [3.05, 3.63) is 72.0 Å². The molecule has 0 amide bonds. The van der Waals surface area contributed by atoms with Crippen LogP contribution in [0.25, 0.3) is 31.7 Å². The molecule has 1 aromatic heterocycles. The van der Waals surface area contributed by atoms with Crippen LogP contribution in [-0.2, 0) is 6.18 Å². The third-order valence-electron chi connectivity index (χ3n) is 4.97. The summed E-state index contributed by atoms with van der Waals surface area (Å²) in [7, 11) is 0. The van der Waals surface area contributed by atoms with Gasteiger partial charge in [-0.05, 0) is 66.3 Å². The van der Waals surface area contributed by atoms with Gasteiger partial charge in [-0.1, -0.05) is 30.3 Å². The van der Waals surface area contributed by atoms with Crippen LogP contribution in [0, 0.1) is 5.82 Å². The summed E-state index contributed by atoms with van der Waals surface area (Å²) in [5, 5.41) is 0.512. The van der Waals surface area contributed by atoms with Gasteiger partial charge >= 0.3 is 6.18 Å². The molecule has 166 valence electrons. The fourth-order valence-electron chi connectivity index (χ4n) is 3.55. The fourth-order valence-corrected chi connectivity index (χ4v) is 4.77. The predicted molar refractivity (Wildman–Crippen MR) is 120 cm³/mol. The Morgan fingerprint density at radius 2 is 1.34 bits per heavy atom. The molecule has 2 nitrogen and oxygen atoms in total. The first-order chi connectivity index (χ1) is 15.3. The molecular formula is C25H20F4O2S. The van der Waals surface area contributed by atoms with E-state index in [1.807, 2.05) is 24.3 Å². The Balaban J connectivity index is 1.70. The number of hydrogen-bond acceptors (Lipinski definition) is 3. The first kappa shape index (κ1) is 22.1. The van der Waals surface area contributed by atoms with Gasteiger partial charge in [0.25, 0.3) is 0 Å². The third kappa shape index (κ3) is 4.30. The molecule has 0 unspecified atom stereocenters. The molecule has 0 aliphatic carbocycles. The van der Waals surface area contributed by atoms with E-state index < -0.39 is 17.6 Å². The first-order valence-corrected chi connectivity index (χ1v) is 10.9. The predicted octanol–water partition coefficient (Wildman–Crippen LogP) is 8.19. The Morgan fingerprint density at radius 3 is 1.97 bits per heavy atom. The molecule has 0 aliphatic heterocycles. The Labute approximate surface area is 187 Å². The highest BCUT2D eigenvalue weighted by Crippen LogP contribution is 2.46. The molecule has 32 heavy (non-hydrogen) atoms. The molecule has 0 fully saturated rings. The highest BCUT2D eigenvalue weighted by Gasteiger charge is 2.37. The van der Waals surface area contributed by atoms with Crippen LogP contribution in [0.15, 0.2) is 60.7 Å². The van der Waals surface area contributed by atoms with E-state index in [1.54, 1.807) is 38.1 Å². The normalized spacial score (nSPS) is 11.7. The molecule has 7 heteroatoms. The van der Waals surface area contributed by atoms with E-state index in [-0.39, 0.29) is 22.8 Å². The number of halogens is 4. The lowest BCUT2D eigenvalue weighted by molar-refractivity contribution is -0.137. The van der Waals surface area contributed by atoms with Crippen molar-refractivity contribution in [2.45, 2.75) is 20.0 Å². The van der Waals surface area contributed by atoms with Gasteiger partial charge < -0.3 is 9.47 Å². The van der Waals surface area contributed by atoms with Crippen LogP contribution >= 0.6 is 11.3 Å². The first-order valence-electron chi connectivity index (χ1n) is 10.1. The molecule has 0 atom stereocenters. The number of rotatable bonds is 6. The van der Waals surface area contributed by atoms with E-state index in [0.717, 1.165) is 22.5 Å². The van der Waals surface area contributed by atoms with Gasteiger partial charge in [-0.15, -0.1) is 11.3 Å². The minimum Gasteiger partial charge on any atom is -0.493 e. The van der Waals surface area contributed by atoms with E-state index in [1.165, 1.54) is 12.1 Å². The lowest BCUT2D eigenvalue weighted by Gasteiger charge is -2.13. The van der Waals surface area contributed by atoms with E-state index in [2.05, 4.69) is 0 Å². The maximum absolute atomic E-state index is 14.2. The minimum atomic E-state index is -4.52. The molecule has 4 aromatic rings. The molecule has 0 radical (unpaired) electrons. The summed E-state index contributed by atoms with van der Waals surface area (Å²) in [6, 6.07) is 16.8. The molecular weight excluding hydrogens is 440 g/mol. The molecule has 0 saturated heterocycles. The topological polar surface area (TPSA) is 18.5 Å². The summed E-state index contributed by atoms with van der Waals surface area (Å²) in [5.41, 5.74) is 1.53. The number of fused-ring (bicyclic) bond motifs is 1. The zero-order chi connectivity index (χ0) is 22.9. The van der Waals surface area contributed by atoms with Gasteiger partial charge in [-0.3, -0.25) is 0 Å². The van der Waals surface area contributed by atoms with Crippen LogP contribution in [0.5, 0.6) is 11.5 Å². The van der Waals surface area contributed by atoms with Gasteiger partial charge in [0, 0.05) is 4.88 Å². The van der Waals surface area contributed by atoms with Gasteiger partial charge in [-0.25, -0.2) is 4.39 Å². The SMILES string of the molecule is CCOc1ccc(-c2ccc(-c3cc4ccc(OCC)c(C(F)(F)F)c4s3)cc2)cc1F. The number of thiophene rings is 1. The molecule has 0 spiro atoms. The largest absolute Gasteiger partial charge is 0.493 e. The summed E-state index contributed by atoms with van der Waals surface area (Å²) in [6.45, 7) is 3.97. The van der Waals surface area contributed by atoms with Crippen molar-refractivity contribution < 1.29 is 27.0 Å². The van der Waals surface area contributed by atoms with Crippen LogP contribution in [0.2, 0.25) is 0 Å². The average molecular weight is 460 g/mol. The maximum Gasteiger partial charge on any atom is 0.421 e. The van der Waals surface area contributed by atoms with Crippen LogP contribution < -0.4 is 9.47 Å². The summed E-state index contributed by atoms with van der Waals surface area (Å²) in [4.78, 5) is 0.712. The average Bonchev–Trinajstić information content (AvgIpc) is 3.18. The van der Waals surface area contributed by atoms with Crippen LogP contribution in [-0.4, -0.2) is 13.2 Å². The lowest BCUT2D eigenvalue weighted by Crippen LogP contribution is -2.08. The maximum atomic E-state index is 14.2. The van der Waals surface area contributed by atoms with Crippen molar-refractivity contribution in [3.63, 3.8) is 0 Å². The second kappa shape index (κ2) is 8.82. The number of alkyl halides is 3. The molecule has 3 aromatic carbocycles. The quantitative estimate of drug-likeness (QED) is 0.270. The second-order valence-corrected chi connectivity index (χ2v) is 8.11. The van der Waals surface area contributed by atoms with Crippen molar-refractivity contribution in [2.75, 3.05) is 13.2 Å². The van der Waals surface area contributed by atoms with Gasteiger partial charge in [-0.2, -0.15) is 13.2 Å². The van der Waals surface area contributed by atoms with E-state index in [9.17, 15) is 17.6 Å². The summed E-state index contributed by atoms with van der Waals surface area (Å²) in [6.07, 6.45) is -4.52. The van der Waals surface area contributed by atoms with Crippen molar-refractivity contribution in [3.8, 4) is 33.1 Å². The zero-order valence-electron chi connectivity index (χ0n) is 17.4. The molecule has 0 aliphatic rings. The third-order valence-corrected chi connectivity index (χ3v) is 6.18. The summed E-state index contributed by atoms with van der Waals surface area (Å²) < 4.78 is 66.0. The lowest BCUT2D eigenvalue weighted by atomic mass is 10.0. The van der Waals surface area contributed by atoms with Gasteiger partial charge in [0.1, 0.15) is 11.3 Å². The number of ether oxygens (including phenoxy) is 2. The number of hydrogen-bond donors (Lipinski definition) is 0. The highest BCUT2D eigenvalue weighted by molar-refractivity contribution is 7.22. The van der Waals surface area contributed by atoms with Gasteiger partial charge in [0.2, 0.25) is 0 Å². The second-order valence-electron chi connectivity index (χ2n) is 7.05. The van der Waals surface area contributed by atoms with Crippen molar-refractivity contribution in [1.82, 2.24) is 0 Å². The number of benzene rings is 3. The zero-order valence-corrected chi connectivity index (χ0v) is 18.2. The Bertz CT molecular complexity index is 1240. The van der Waals surface area contributed by atoms with E-state index >= 15 is 0 Å². The fraction of sp³-hybridized carbons (Fsp3) is 0.200. The minimum absolute atomic E-state index is 0.149. The summed E-state index contributed by atoms with van der Waals surface area (Å²) in [5.74, 6) is -0.401. The van der Waals surface area contributed by atoms with Crippen molar-refractivity contribution in [2.24, 2.45) is 0 Å². The molecule has 1 heterocycles. The molecule has 4 rings (SSSR count). The van der Waals surface area contributed by atoms with Crippen molar-refractivity contribution >= 4 is 21.4 Å². The van der Waals surface area contributed by atoms with Crippen LogP contribution in [0.4, 0.5) is 17.6 Å². The summed E-state index contributed by atoms with van der Waals surface area (Å²) >= 11 is 1.08. The Morgan fingerprint density at radius 1 is 0.750 bits per heavy atom. The standard InChI is InChI=1S/C25H20F4O2S/c1-3-30-20-11-9-17(13-19(20)26)15-5-7-16(8-6-15)22-14-18-10-12-21(31-4-2)23(24(18)32-22)25(27,28)29/h5-14H,3-4H2,1-2H3. The smallest absolute Gasteiger partial charge is 0.421 e. The van der Waals surface area contributed by atoms with Gasteiger partial charge in [0.05, 0.1) is 17.9 Å². The van der Waals surface area contributed by atoms with Gasteiger partial charge in [0.15, 0.2) is 11.6 Å². The Hall–Kier alpha value is -3.06. The van der Waals surface area contributed by atoms with Crippen molar-refractivity contribution in [1.29, 1.82) is 0 Å².